The molecule has 1 aliphatic heterocycles. The predicted molar refractivity (Wildman–Crippen MR) is 94.7 cm³/mol. The molecule has 0 aliphatic carbocycles. The number of carbonyl (C=O) groups is 1. The highest BCUT2D eigenvalue weighted by molar-refractivity contribution is 7.07. The third-order valence-electron chi connectivity index (χ3n) is 3.61. The Morgan fingerprint density at radius 2 is 2.24 bits per heavy atom. The molecule has 2 aromatic rings. The standard InChI is InChI=1S/C18H19NO5S/c20-6-7-22-17(14-5-8-25-11-14)10-19-18(21)4-2-13-1-3-15-16(9-13)24-12-23-15/h1-5,8-9,11,17,20H,6-7,10,12H2,(H,19,21). The Labute approximate surface area is 149 Å². The second-order valence-corrected chi connectivity index (χ2v) is 6.11. The molecule has 132 valence electrons. The zero-order valence-electron chi connectivity index (χ0n) is 13.5. The normalized spacial score (nSPS) is 14.0. The molecule has 0 radical (unpaired) electrons. The van der Waals surface area contributed by atoms with Gasteiger partial charge in [-0.25, -0.2) is 0 Å². The van der Waals surface area contributed by atoms with E-state index in [1.807, 2.05) is 35.0 Å². The number of aliphatic hydroxyl groups is 1. The van der Waals surface area contributed by atoms with Crippen molar-refractivity contribution in [2.75, 3.05) is 26.6 Å². The van der Waals surface area contributed by atoms with Crippen LogP contribution in [0, 0.1) is 0 Å². The van der Waals surface area contributed by atoms with E-state index in [2.05, 4.69) is 5.32 Å². The van der Waals surface area contributed by atoms with Gasteiger partial charge in [-0.2, -0.15) is 11.3 Å². The van der Waals surface area contributed by atoms with Crippen molar-refractivity contribution in [1.29, 1.82) is 0 Å². The Balaban J connectivity index is 1.54. The summed E-state index contributed by atoms with van der Waals surface area (Å²) in [6.07, 6.45) is 2.90. The fourth-order valence-electron chi connectivity index (χ4n) is 2.37. The molecule has 0 spiro atoms. The first-order valence-electron chi connectivity index (χ1n) is 7.86. The van der Waals surface area contributed by atoms with E-state index in [4.69, 9.17) is 19.3 Å². The summed E-state index contributed by atoms with van der Waals surface area (Å²) in [6.45, 7) is 0.726. The molecule has 2 heterocycles. The van der Waals surface area contributed by atoms with E-state index in [-0.39, 0.29) is 32.0 Å². The topological polar surface area (TPSA) is 77.0 Å². The molecule has 0 bridgehead atoms. The molecule has 1 aromatic carbocycles. The lowest BCUT2D eigenvalue weighted by Gasteiger charge is -2.16. The van der Waals surface area contributed by atoms with Crippen molar-refractivity contribution < 1.29 is 24.1 Å². The maximum absolute atomic E-state index is 12.0. The fraction of sp³-hybridized carbons (Fsp3) is 0.278. The minimum Gasteiger partial charge on any atom is -0.454 e. The van der Waals surface area contributed by atoms with Crippen LogP contribution in [0.2, 0.25) is 0 Å². The SMILES string of the molecule is O=C(C=Cc1ccc2c(c1)OCO2)NCC(OCCO)c1ccsc1. The van der Waals surface area contributed by atoms with Gasteiger partial charge in [-0.05, 0) is 46.2 Å². The van der Waals surface area contributed by atoms with Gasteiger partial charge in [0.25, 0.3) is 0 Å². The van der Waals surface area contributed by atoms with Crippen LogP contribution in [0.5, 0.6) is 11.5 Å². The van der Waals surface area contributed by atoms with E-state index in [9.17, 15) is 4.79 Å². The molecule has 25 heavy (non-hydrogen) atoms. The summed E-state index contributed by atoms with van der Waals surface area (Å²) in [5, 5.41) is 15.7. The zero-order chi connectivity index (χ0) is 17.5. The van der Waals surface area contributed by atoms with Gasteiger partial charge in [-0.15, -0.1) is 0 Å². The van der Waals surface area contributed by atoms with Crippen molar-refractivity contribution in [3.63, 3.8) is 0 Å². The van der Waals surface area contributed by atoms with Gasteiger partial charge in [0.05, 0.1) is 13.2 Å². The average molecular weight is 361 g/mol. The molecule has 0 saturated heterocycles. The number of carbonyl (C=O) groups excluding carboxylic acids is 1. The first kappa shape index (κ1) is 17.5. The number of fused-ring (bicyclic) bond motifs is 1. The molecule has 1 amide bonds. The van der Waals surface area contributed by atoms with Crippen LogP contribution in [0.4, 0.5) is 0 Å². The van der Waals surface area contributed by atoms with E-state index in [1.54, 1.807) is 17.4 Å². The second-order valence-electron chi connectivity index (χ2n) is 5.33. The van der Waals surface area contributed by atoms with Crippen molar-refractivity contribution in [3.8, 4) is 11.5 Å². The molecule has 2 N–H and O–H groups in total. The fourth-order valence-corrected chi connectivity index (χ4v) is 3.07. The summed E-state index contributed by atoms with van der Waals surface area (Å²) in [5.41, 5.74) is 1.84. The molecule has 1 aromatic heterocycles. The lowest BCUT2D eigenvalue weighted by Crippen LogP contribution is -2.28. The van der Waals surface area contributed by atoms with Crippen LogP contribution in [-0.4, -0.2) is 37.6 Å². The quantitative estimate of drug-likeness (QED) is 0.706. The summed E-state index contributed by atoms with van der Waals surface area (Å²) in [4.78, 5) is 12.0. The van der Waals surface area contributed by atoms with Crippen LogP contribution in [0.3, 0.4) is 0 Å². The van der Waals surface area contributed by atoms with Crippen molar-refractivity contribution in [1.82, 2.24) is 5.32 Å². The monoisotopic (exact) mass is 361 g/mol. The summed E-state index contributed by atoms with van der Waals surface area (Å²) in [6, 6.07) is 7.44. The highest BCUT2D eigenvalue weighted by atomic mass is 32.1. The summed E-state index contributed by atoms with van der Waals surface area (Å²) >= 11 is 1.56. The van der Waals surface area contributed by atoms with Crippen LogP contribution in [0.15, 0.2) is 41.1 Å². The van der Waals surface area contributed by atoms with Crippen LogP contribution in [-0.2, 0) is 9.53 Å². The number of nitrogens with one attached hydrogen (secondary N) is 1. The van der Waals surface area contributed by atoms with Crippen molar-refractivity contribution >= 4 is 23.3 Å². The van der Waals surface area contributed by atoms with Gasteiger partial charge in [0.15, 0.2) is 11.5 Å². The Morgan fingerprint density at radius 1 is 1.36 bits per heavy atom. The summed E-state index contributed by atoms with van der Waals surface area (Å²) < 4.78 is 16.2. The van der Waals surface area contributed by atoms with Crippen molar-refractivity contribution in [3.05, 3.63) is 52.2 Å². The Bertz CT molecular complexity index is 729. The minimum absolute atomic E-state index is 0.0569. The molecule has 3 rings (SSSR count). The second kappa shape index (κ2) is 8.66. The summed E-state index contributed by atoms with van der Waals surface area (Å²) in [5.74, 6) is 1.17. The minimum atomic E-state index is -0.277. The van der Waals surface area contributed by atoms with Crippen molar-refractivity contribution in [2.45, 2.75) is 6.10 Å². The lowest BCUT2D eigenvalue weighted by atomic mass is 10.2. The number of benzene rings is 1. The number of hydrogen-bond donors (Lipinski definition) is 2. The molecular weight excluding hydrogens is 342 g/mol. The van der Waals surface area contributed by atoms with Gasteiger partial charge in [0, 0.05) is 12.6 Å². The smallest absolute Gasteiger partial charge is 0.244 e. The molecule has 1 unspecified atom stereocenters. The molecular formula is C18H19NO5S. The maximum Gasteiger partial charge on any atom is 0.244 e. The zero-order valence-corrected chi connectivity index (χ0v) is 14.3. The average Bonchev–Trinajstić information content (AvgIpc) is 3.31. The first-order valence-corrected chi connectivity index (χ1v) is 8.80. The number of hydrogen-bond acceptors (Lipinski definition) is 6. The van der Waals surface area contributed by atoms with E-state index in [0.717, 1.165) is 11.1 Å². The molecule has 7 heteroatoms. The molecule has 0 saturated carbocycles. The third kappa shape index (κ3) is 4.82. The van der Waals surface area contributed by atoms with E-state index in [0.29, 0.717) is 18.0 Å². The molecule has 0 fully saturated rings. The molecule has 1 atom stereocenters. The number of amides is 1. The van der Waals surface area contributed by atoms with Crippen LogP contribution in [0.1, 0.15) is 17.2 Å². The third-order valence-corrected chi connectivity index (χ3v) is 4.31. The number of rotatable bonds is 8. The van der Waals surface area contributed by atoms with Crippen LogP contribution >= 0.6 is 11.3 Å². The van der Waals surface area contributed by atoms with Gasteiger partial charge in [0.2, 0.25) is 12.7 Å². The van der Waals surface area contributed by atoms with E-state index < -0.39 is 0 Å². The van der Waals surface area contributed by atoms with Gasteiger partial charge in [-0.3, -0.25) is 4.79 Å². The van der Waals surface area contributed by atoms with Crippen LogP contribution in [0.25, 0.3) is 6.08 Å². The lowest BCUT2D eigenvalue weighted by molar-refractivity contribution is -0.117. The van der Waals surface area contributed by atoms with Gasteiger partial charge in [-0.1, -0.05) is 6.07 Å². The largest absolute Gasteiger partial charge is 0.454 e. The number of aliphatic hydroxyl groups excluding tert-OH is 1. The van der Waals surface area contributed by atoms with Gasteiger partial charge >= 0.3 is 0 Å². The van der Waals surface area contributed by atoms with Crippen molar-refractivity contribution in [2.24, 2.45) is 0 Å². The number of thiophene rings is 1. The first-order chi connectivity index (χ1) is 12.3. The highest BCUT2D eigenvalue weighted by Crippen LogP contribution is 2.32. The van der Waals surface area contributed by atoms with Gasteiger partial charge in [0.1, 0.15) is 6.10 Å². The van der Waals surface area contributed by atoms with Crippen LogP contribution < -0.4 is 14.8 Å². The maximum atomic E-state index is 12.0. The van der Waals surface area contributed by atoms with Gasteiger partial charge < -0.3 is 24.6 Å². The Hall–Kier alpha value is -2.35. The van der Waals surface area contributed by atoms with E-state index >= 15 is 0 Å². The van der Waals surface area contributed by atoms with E-state index in [1.165, 1.54) is 6.08 Å². The molecule has 1 aliphatic rings. The summed E-state index contributed by atoms with van der Waals surface area (Å²) in [7, 11) is 0. The Kier molecular flexibility index (Phi) is 6.05. The number of ether oxygens (including phenoxy) is 3. The highest BCUT2D eigenvalue weighted by Gasteiger charge is 2.14. The predicted octanol–water partition coefficient (Wildman–Crippen LogP) is 2.36. The molecule has 6 nitrogen and oxygen atoms in total. The Morgan fingerprint density at radius 3 is 3.04 bits per heavy atom.